The van der Waals surface area contributed by atoms with Crippen molar-refractivity contribution in [3.8, 4) is 22.5 Å². The quantitative estimate of drug-likeness (QED) is 0.647. The SMILES string of the molecule is Cc1cc(C)cc(-c2cc(-c3ccccc3C)[n+](C)cn2)c1. The zero-order valence-electron chi connectivity index (χ0n) is 13.6. The lowest BCUT2D eigenvalue weighted by molar-refractivity contribution is -0.663. The van der Waals surface area contributed by atoms with Crippen LogP contribution >= 0.6 is 0 Å². The second kappa shape index (κ2) is 5.72. The van der Waals surface area contributed by atoms with Crippen LogP contribution in [0.2, 0.25) is 0 Å². The Hall–Kier alpha value is -2.48. The Morgan fingerprint density at radius 3 is 2.23 bits per heavy atom. The van der Waals surface area contributed by atoms with Crippen molar-refractivity contribution in [3.63, 3.8) is 0 Å². The third-order valence-electron chi connectivity index (χ3n) is 3.96. The summed E-state index contributed by atoms with van der Waals surface area (Å²) in [6.45, 7) is 6.40. The predicted molar refractivity (Wildman–Crippen MR) is 90.5 cm³/mol. The molecule has 2 aromatic carbocycles. The van der Waals surface area contributed by atoms with Crippen molar-refractivity contribution >= 4 is 0 Å². The van der Waals surface area contributed by atoms with Crippen molar-refractivity contribution < 1.29 is 4.57 Å². The normalized spacial score (nSPS) is 10.7. The van der Waals surface area contributed by atoms with E-state index >= 15 is 0 Å². The maximum absolute atomic E-state index is 4.61. The molecule has 3 rings (SSSR count). The highest BCUT2D eigenvalue weighted by molar-refractivity contribution is 5.68. The van der Waals surface area contributed by atoms with Crippen LogP contribution in [-0.4, -0.2) is 4.98 Å². The Morgan fingerprint density at radius 1 is 0.864 bits per heavy atom. The Bertz CT molecular complexity index is 815. The molecule has 0 aliphatic rings. The minimum atomic E-state index is 1.02. The molecule has 0 unspecified atom stereocenters. The first-order valence-electron chi connectivity index (χ1n) is 7.55. The molecular formula is C20H21N2+. The minimum absolute atomic E-state index is 1.02. The van der Waals surface area contributed by atoms with Crippen molar-refractivity contribution in [2.75, 3.05) is 0 Å². The minimum Gasteiger partial charge on any atom is -0.232 e. The van der Waals surface area contributed by atoms with E-state index in [0.717, 1.165) is 5.69 Å². The van der Waals surface area contributed by atoms with Crippen molar-refractivity contribution in [1.82, 2.24) is 4.98 Å². The lowest BCUT2D eigenvalue weighted by atomic mass is 10.0. The van der Waals surface area contributed by atoms with Gasteiger partial charge in [0, 0.05) is 17.2 Å². The molecule has 0 atom stereocenters. The molecule has 0 spiro atoms. The summed E-state index contributed by atoms with van der Waals surface area (Å²) in [5.41, 5.74) is 8.43. The lowest BCUT2D eigenvalue weighted by Crippen LogP contribution is -2.31. The maximum Gasteiger partial charge on any atom is 0.287 e. The first kappa shape index (κ1) is 14.5. The topological polar surface area (TPSA) is 16.8 Å². The number of rotatable bonds is 2. The fourth-order valence-corrected chi connectivity index (χ4v) is 2.89. The third-order valence-corrected chi connectivity index (χ3v) is 3.96. The van der Waals surface area contributed by atoms with Crippen LogP contribution in [-0.2, 0) is 7.05 Å². The van der Waals surface area contributed by atoms with Gasteiger partial charge in [0.15, 0.2) is 5.69 Å². The van der Waals surface area contributed by atoms with Crippen molar-refractivity contribution in [1.29, 1.82) is 0 Å². The number of aryl methyl sites for hydroxylation is 4. The Kier molecular flexibility index (Phi) is 3.76. The van der Waals surface area contributed by atoms with Gasteiger partial charge < -0.3 is 0 Å². The molecule has 0 fully saturated rings. The predicted octanol–water partition coefficient (Wildman–Crippen LogP) is 4.17. The summed E-state index contributed by atoms with van der Waals surface area (Å²) in [4.78, 5) is 4.61. The second-order valence-electron chi connectivity index (χ2n) is 5.96. The summed E-state index contributed by atoms with van der Waals surface area (Å²) >= 11 is 0. The van der Waals surface area contributed by atoms with Gasteiger partial charge in [0.25, 0.3) is 6.33 Å². The molecule has 110 valence electrons. The van der Waals surface area contributed by atoms with E-state index in [0.29, 0.717) is 0 Å². The van der Waals surface area contributed by atoms with Crippen molar-refractivity contribution in [3.05, 3.63) is 71.5 Å². The van der Waals surface area contributed by atoms with Gasteiger partial charge in [0.05, 0.1) is 7.05 Å². The second-order valence-corrected chi connectivity index (χ2v) is 5.96. The Labute approximate surface area is 132 Å². The Balaban J connectivity index is 2.17. The summed E-state index contributed by atoms with van der Waals surface area (Å²) in [6, 6.07) is 17.2. The zero-order valence-corrected chi connectivity index (χ0v) is 13.6. The van der Waals surface area contributed by atoms with Crippen LogP contribution in [0.3, 0.4) is 0 Å². The van der Waals surface area contributed by atoms with Gasteiger partial charge in [-0.05, 0) is 43.5 Å². The molecule has 0 aliphatic carbocycles. The van der Waals surface area contributed by atoms with Crippen LogP contribution in [0.25, 0.3) is 22.5 Å². The van der Waals surface area contributed by atoms with Crippen molar-refractivity contribution in [2.45, 2.75) is 20.8 Å². The summed E-state index contributed by atoms with van der Waals surface area (Å²) in [5.74, 6) is 0. The van der Waals surface area contributed by atoms with Gasteiger partial charge >= 0.3 is 0 Å². The number of nitrogens with zero attached hydrogens (tertiary/aromatic N) is 2. The number of aromatic nitrogens is 2. The van der Waals surface area contributed by atoms with Gasteiger partial charge in [0.2, 0.25) is 0 Å². The third kappa shape index (κ3) is 2.77. The smallest absolute Gasteiger partial charge is 0.232 e. The molecule has 0 radical (unpaired) electrons. The number of hydrogen-bond donors (Lipinski definition) is 0. The number of hydrogen-bond acceptors (Lipinski definition) is 1. The van der Waals surface area contributed by atoms with Crippen LogP contribution in [0.4, 0.5) is 0 Å². The van der Waals surface area contributed by atoms with Gasteiger partial charge in [-0.2, -0.15) is 0 Å². The molecule has 22 heavy (non-hydrogen) atoms. The van der Waals surface area contributed by atoms with Gasteiger partial charge in [-0.1, -0.05) is 41.5 Å². The van der Waals surface area contributed by atoms with E-state index < -0.39 is 0 Å². The number of benzene rings is 2. The monoisotopic (exact) mass is 289 g/mol. The van der Waals surface area contributed by atoms with Crippen LogP contribution in [0.5, 0.6) is 0 Å². The highest BCUT2D eigenvalue weighted by Crippen LogP contribution is 2.25. The van der Waals surface area contributed by atoms with Crippen LogP contribution in [0, 0.1) is 20.8 Å². The molecule has 0 saturated carbocycles. The van der Waals surface area contributed by atoms with Crippen LogP contribution in [0.15, 0.2) is 54.9 Å². The first-order valence-corrected chi connectivity index (χ1v) is 7.55. The van der Waals surface area contributed by atoms with Crippen molar-refractivity contribution in [2.24, 2.45) is 7.05 Å². The van der Waals surface area contributed by atoms with E-state index in [9.17, 15) is 0 Å². The van der Waals surface area contributed by atoms with Gasteiger partial charge in [0.1, 0.15) is 5.69 Å². The molecule has 0 bridgehead atoms. The van der Waals surface area contributed by atoms with E-state index in [1.807, 2.05) is 13.4 Å². The average molecular weight is 289 g/mol. The highest BCUT2D eigenvalue weighted by Gasteiger charge is 2.14. The van der Waals surface area contributed by atoms with E-state index in [4.69, 9.17) is 0 Å². The fourth-order valence-electron chi connectivity index (χ4n) is 2.89. The molecule has 0 saturated heterocycles. The highest BCUT2D eigenvalue weighted by atomic mass is 15.0. The maximum atomic E-state index is 4.61. The summed E-state index contributed by atoms with van der Waals surface area (Å²) < 4.78 is 2.08. The molecular weight excluding hydrogens is 268 g/mol. The molecule has 0 amide bonds. The molecule has 2 heteroatoms. The summed E-state index contributed by atoms with van der Waals surface area (Å²) in [7, 11) is 2.04. The van der Waals surface area contributed by atoms with Crippen LogP contribution < -0.4 is 4.57 Å². The van der Waals surface area contributed by atoms with Gasteiger partial charge in [-0.3, -0.25) is 0 Å². The van der Waals surface area contributed by atoms with Gasteiger partial charge in [-0.25, -0.2) is 4.57 Å². The molecule has 0 N–H and O–H groups in total. The molecule has 0 aliphatic heterocycles. The van der Waals surface area contributed by atoms with E-state index in [1.54, 1.807) is 0 Å². The molecule has 2 nitrogen and oxygen atoms in total. The van der Waals surface area contributed by atoms with E-state index in [2.05, 4.69) is 78.9 Å². The zero-order chi connectivity index (χ0) is 15.7. The fraction of sp³-hybridized carbons (Fsp3) is 0.200. The summed E-state index contributed by atoms with van der Waals surface area (Å²) in [6.07, 6.45) is 1.90. The van der Waals surface area contributed by atoms with E-state index in [1.165, 1.54) is 33.5 Å². The van der Waals surface area contributed by atoms with E-state index in [-0.39, 0.29) is 0 Å². The molecule has 1 heterocycles. The standard InChI is InChI=1S/C20H21N2/c1-14-9-15(2)11-17(10-14)19-12-20(22(4)13-21-19)18-8-6-5-7-16(18)3/h5-13H,1-4H3/q+1. The molecule has 3 aromatic rings. The molecule has 1 aromatic heterocycles. The van der Waals surface area contributed by atoms with Gasteiger partial charge in [-0.15, -0.1) is 0 Å². The Morgan fingerprint density at radius 2 is 1.55 bits per heavy atom. The van der Waals surface area contributed by atoms with Crippen LogP contribution in [0.1, 0.15) is 16.7 Å². The summed E-state index contributed by atoms with van der Waals surface area (Å²) in [5, 5.41) is 0. The average Bonchev–Trinajstić information content (AvgIpc) is 2.47. The lowest BCUT2D eigenvalue weighted by Gasteiger charge is -2.07. The largest absolute Gasteiger partial charge is 0.287 e. The first-order chi connectivity index (χ1) is 10.5.